The second-order valence-electron chi connectivity index (χ2n) is 7.54. The molecule has 1 N–H and O–H groups in total. The van der Waals surface area contributed by atoms with Gasteiger partial charge in [0.25, 0.3) is 0 Å². The molecule has 158 valence electrons. The SMILES string of the molecule is OC(c1ccccc1)c1ccccc1C1C(c2ccccc2)=Cc2ccccc21.[Cl][Ti][Cl]. The number of fused-ring (bicyclic) bond motifs is 1. The van der Waals surface area contributed by atoms with Crippen LogP contribution in [0.2, 0.25) is 0 Å². The van der Waals surface area contributed by atoms with Crippen molar-refractivity contribution in [1.82, 2.24) is 0 Å². The molecular weight excluding hydrogens is 471 g/mol. The van der Waals surface area contributed by atoms with Crippen LogP contribution in [-0.4, -0.2) is 5.11 Å². The first-order valence-electron chi connectivity index (χ1n) is 10.4. The molecule has 4 aromatic carbocycles. The first-order valence-corrected chi connectivity index (χ1v) is 14.7. The van der Waals surface area contributed by atoms with E-state index in [4.69, 9.17) is 18.6 Å². The van der Waals surface area contributed by atoms with Crippen LogP contribution in [0.1, 0.15) is 45.4 Å². The molecule has 32 heavy (non-hydrogen) atoms. The third-order valence-corrected chi connectivity index (χ3v) is 5.75. The zero-order chi connectivity index (χ0) is 22.3. The Balaban J connectivity index is 0.000000775. The van der Waals surface area contributed by atoms with Gasteiger partial charge in [-0.15, -0.1) is 0 Å². The summed E-state index contributed by atoms with van der Waals surface area (Å²) in [5.74, 6) is 0.100. The quantitative estimate of drug-likeness (QED) is 0.288. The van der Waals surface area contributed by atoms with Gasteiger partial charge in [-0.25, -0.2) is 0 Å². The Hall–Kier alpha value is -2.13. The zero-order valence-corrected chi connectivity index (χ0v) is 20.4. The number of allylic oxidation sites excluding steroid dienone is 1. The molecule has 4 aromatic rings. The molecule has 0 heterocycles. The molecule has 0 aromatic heterocycles. The van der Waals surface area contributed by atoms with Gasteiger partial charge in [-0.2, -0.15) is 0 Å². The molecule has 0 spiro atoms. The normalized spacial score (nSPS) is 15.1. The molecule has 2 atom stereocenters. The van der Waals surface area contributed by atoms with E-state index in [1.807, 2.05) is 42.5 Å². The summed E-state index contributed by atoms with van der Waals surface area (Å²) in [6.45, 7) is 0. The number of benzene rings is 4. The minimum absolute atomic E-state index is 0.100. The molecule has 5 rings (SSSR count). The van der Waals surface area contributed by atoms with Crippen molar-refractivity contribution in [3.8, 4) is 0 Å². The fourth-order valence-corrected chi connectivity index (χ4v) is 4.38. The molecule has 0 bridgehead atoms. The Labute approximate surface area is 206 Å². The van der Waals surface area contributed by atoms with Crippen molar-refractivity contribution < 1.29 is 22.1 Å². The van der Waals surface area contributed by atoms with Gasteiger partial charge in [0.15, 0.2) is 0 Å². The van der Waals surface area contributed by atoms with Crippen LogP contribution < -0.4 is 0 Å². The van der Waals surface area contributed by atoms with Crippen LogP contribution in [0.5, 0.6) is 0 Å². The Morgan fingerprint density at radius 1 is 0.656 bits per heavy atom. The monoisotopic (exact) mass is 492 g/mol. The summed E-state index contributed by atoms with van der Waals surface area (Å²) in [7, 11) is 9.78. The summed E-state index contributed by atoms with van der Waals surface area (Å²) in [4.78, 5) is 0. The van der Waals surface area contributed by atoms with E-state index < -0.39 is 23.1 Å². The van der Waals surface area contributed by atoms with Gasteiger partial charge in [0, 0.05) is 5.92 Å². The molecule has 1 aliphatic rings. The summed E-state index contributed by atoms with van der Waals surface area (Å²) >= 11 is -0.556. The van der Waals surface area contributed by atoms with Crippen LogP contribution in [0.3, 0.4) is 0 Å². The third-order valence-electron chi connectivity index (χ3n) is 5.75. The first-order chi connectivity index (χ1) is 15.7. The molecule has 0 saturated heterocycles. The molecule has 0 aliphatic heterocycles. The number of rotatable bonds is 4. The van der Waals surface area contributed by atoms with Crippen LogP contribution in [0.25, 0.3) is 11.6 Å². The number of hydrogen-bond donors (Lipinski definition) is 1. The number of halogens is 2. The maximum atomic E-state index is 11.2. The van der Waals surface area contributed by atoms with Gasteiger partial charge in [-0.3, -0.25) is 0 Å². The van der Waals surface area contributed by atoms with Crippen LogP contribution in [-0.2, 0) is 17.0 Å². The predicted octanol–water partition coefficient (Wildman–Crippen LogP) is 7.83. The standard InChI is InChI=1S/C28H22O.2ClH.Ti/c29-28(21-13-5-2-6-14-21)25-18-10-9-17-24(25)27-23-16-8-7-15-22(23)19-26(27)20-11-3-1-4-12-20;;;/h1-19,27-29H;2*1H;/q;;;+2/p-2. The van der Waals surface area contributed by atoms with Gasteiger partial charge in [0.1, 0.15) is 6.10 Å². The number of aliphatic hydroxyl groups is 1. The summed E-state index contributed by atoms with van der Waals surface area (Å²) in [5, 5.41) is 11.2. The van der Waals surface area contributed by atoms with Gasteiger partial charge in [0.05, 0.1) is 0 Å². The van der Waals surface area contributed by atoms with Crippen molar-refractivity contribution in [1.29, 1.82) is 0 Å². The van der Waals surface area contributed by atoms with Crippen LogP contribution in [0, 0.1) is 0 Å². The van der Waals surface area contributed by atoms with Gasteiger partial charge >= 0.3 is 35.6 Å². The minimum atomic E-state index is -0.655. The zero-order valence-electron chi connectivity index (χ0n) is 17.3. The van der Waals surface area contributed by atoms with Crippen molar-refractivity contribution in [2.45, 2.75) is 12.0 Å². The van der Waals surface area contributed by atoms with E-state index in [1.165, 1.54) is 22.3 Å². The molecule has 0 radical (unpaired) electrons. The number of aliphatic hydroxyl groups excluding tert-OH is 1. The van der Waals surface area contributed by atoms with Gasteiger partial charge in [-0.05, 0) is 45.0 Å². The summed E-state index contributed by atoms with van der Waals surface area (Å²) < 4.78 is 0. The van der Waals surface area contributed by atoms with E-state index in [2.05, 4.69) is 72.8 Å². The molecule has 1 nitrogen and oxygen atoms in total. The average molecular weight is 493 g/mol. The topological polar surface area (TPSA) is 20.2 Å². The van der Waals surface area contributed by atoms with E-state index in [0.29, 0.717) is 0 Å². The molecule has 1 aliphatic carbocycles. The fraction of sp³-hybridized carbons (Fsp3) is 0.0714. The van der Waals surface area contributed by atoms with Crippen molar-refractivity contribution in [3.63, 3.8) is 0 Å². The molecule has 2 unspecified atom stereocenters. The van der Waals surface area contributed by atoms with E-state index in [0.717, 1.165) is 16.7 Å². The molecule has 0 amide bonds. The van der Waals surface area contributed by atoms with E-state index in [-0.39, 0.29) is 5.92 Å². The molecular formula is C28H22Cl2OTi. The van der Waals surface area contributed by atoms with Crippen molar-refractivity contribution >= 4 is 30.3 Å². The molecule has 0 fully saturated rings. The second kappa shape index (κ2) is 11.1. The Bertz CT molecular complexity index is 1190. The Morgan fingerprint density at radius 2 is 1.19 bits per heavy atom. The summed E-state index contributed by atoms with van der Waals surface area (Å²) in [6, 6.07) is 37.3. The van der Waals surface area contributed by atoms with Gasteiger partial charge in [0.2, 0.25) is 0 Å². The predicted molar refractivity (Wildman–Crippen MR) is 131 cm³/mol. The van der Waals surface area contributed by atoms with Crippen molar-refractivity contribution in [3.05, 3.63) is 143 Å². The van der Waals surface area contributed by atoms with Gasteiger partial charge in [-0.1, -0.05) is 109 Å². The maximum absolute atomic E-state index is 11.2. The van der Waals surface area contributed by atoms with Gasteiger partial charge < -0.3 is 5.11 Å². The van der Waals surface area contributed by atoms with Crippen molar-refractivity contribution in [2.24, 2.45) is 0 Å². The third kappa shape index (κ3) is 4.93. The first kappa shape index (κ1) is 23.0. The second-order valence-corrected chi connectivity index (χ2v) is 10.1. The molecule has 0 saturated carbocycles. The summed E-state index contributed by atoms with van der Waals surface area (Å²) in [6.07, 6.45) is 1.64. The fourth-order valence-electron chi connectivity index (χ4n) is 4.38. The average Bonchev–Trinajstić information content (AvgIpc) is 3.25. The Kier molecular flexibility index (Phi) is 8.02. The van der Waals surface area contributed by atoms with Crippen LogP contribution >= 0.6 is 18.6 Å². The molecule has 4 heteroatoms. The Morgan fingerprint density at radius 3 is 1.88 bits per heavy atom. The van der Waals surface area contributed by atoms with Crippen molar-refractivity contribution in [2.75, 3.05) is 0 Å². The van der Waals surface area contributed by atoms with E-state index in [1.54, 1.807) is 0 Å². The summed E-state index contributed by atoms with van der Waals surface area (Å²) in [5.41, 5.74) is 8.07. The van der Waals surface area contributed by atoms with E-state index in [9.17, 15) is 5.11 Å². The number of hydrogen-bond acceptors (Lipinski definition) is 1. The van der Waals surface area contributed by atoms with Crippen LogP contribution in [0.15, 0.2) is 109 Å². The van der Waals surface area contributed by atoms with E-state index >= 15 is 0 Å². The van der Waals surface area contributed by atoms with Crippen LogP contribution in [0.4, 0.5) is 0 Å².